The first-order chi connectivity index (χ1) is 17.7. The summed E-state index contributed by atoms with van der Waals surface area (Å²) < 4.78 is 22.7. The highest BCUT2D eigenvalue weighted by molar-refractivity contribution is 5.78. The molecule has 8 nitrogen and oxygen atoms in total. The average molecular weight is 507 g/mol. The number of phenolic OH excluding ortho intramolecular Hbond substituents is 1. The van der Waals surface area contributed by atoms with E-state index in [-0.39, 0.29) is 28.7 Å². The number of carbonyl (C=O) groups is 1. The third-order valence-corrected chi connectivity index (χ3v) is 7.90. The van der Waals surface area contributed by atoms with E-state index in [1.165, 1.54) is 26.4 Å². The van der Waals surface area contributed by atoms with Gasteiger partial charge < -0.3 is 34.3 Å². The lowest BCUT2D eigenvalue weighted by Crippen LogP contribution is -2.57. The number of hydrogen-bond acceptors (Lipinski definition) is 8. The van der Waals surface area contributed by atoms with Crippen LogP contribution in [0.15, 0.2) is 59.4 Å². The Morgan fingerprint density at radius 1 is 1.19 bits per heavy atom. The van der Waals surface area contributed by atoms with Gasteiger partial charge in [0.05, 0.1) is 39.2 Å². The quantitative estimate of drug-likeness (QED) is 0.413. The third-order valence-electron chi connectivity index (χ3n) is 7.90. The molecular weight excluding hydrogens is 476 g/mol. The van der Waals surface area contributed by atoms with Crippen molar-refractivity contribution < 1.29 is 39.1 Å². The van der Waals surface area contributed by atoms with Gasteiger partial charge in [-0.2, -0.15) is 0 Å². The molecule has 0 saturated heterocycles. The minimum Gasteiger partial charge on any atom is -0.508 e. The number of allylic oxidation sites excluding steroid dienone is 7. The van der Waals surface area contributed by atoms with Crippen molar-refractivity contribution >= 4 is 5.97 Å². The van der Waals surface area contributed by atoms with Crippen LogP contribution in [0.2, 0.25) is 0 Å². The molecule has 1 aromatic carbocycles. The molecule has 1 saturated carbocycles. The number of rotatable bonds is 5. The summed E-state index contributed by atoms with van der Waals surface area (Å²) in [6.45, 7) is 1.95. The number of phenols is 1. The van der Waals surface area contributed by atoms with Gasteiger partial charge in [0.25, 0.3) is 0 Å². The number of carbonyl (C=O) groups excluding carboxylic acids is 1. The van der Waals surface area contributed by atoms with Crippen molar-refractivity contribution in [3.8, 4) is 29.1 Å². The zero-order valence-electron chi connectivity index (χ0n) is 21.1. The molecule has 0 aromatic heterocycles. The predicted molar refractivity (Wildman–Crippen MR) is 133 cm³/mol. The molecule has 6 atom stereocenters. The molecule has 3 aliphatic carbocycles. The molecular formula is C29H30O8. The lowest BCUT2D eigenvalue weighted by Gasteiger charge is -2.42. The Balaban J connectivity index is 1.86. The molecule has 5 rings (SSSR count). The van der Waals surface area contributed by atoms with Crippen LogP contribution in [0.4, 0.5) is 0 Å². The maximum atomic E-state index is 13.3. The first kappa shape index (κ1) is 25.0. The fourth-order valence-electron chi connectivity index (χ4n) is 6.43. The lowest BCUT2D eigenvalue weighted by atomic mass is 9.66. The van der Waals surface area contributed by atoms with E-state index in [9.17, 15) is 20.1 Å². The summed E-state index contributed by atoms with van der Waals surface area (Å²) in [6, 6.07) is 2.71. The van der Waals surface area contributed by atoms with Crippen LogP contribution in [-0.2, 0) is 19.9 Å². The second kappa shape index (κ2) is 9.02. The summed E-state index contributed by atoms with van der Waals surface area (Å²) in [5, 5.41) is 35.0. The summed E-state index contributed by atoms with van der Waals surface area (Å²) in [4.78, 5) is 13.3. The van der Waals surface area contributed by atoms with Crippen LogP contribution in [0, 0.1) is 29.6 Å². The molecule has 0 radical (unpaired) electrons. The molecule has 1 aliphatic heterocycles. The van der Waals surface area contributed by atoms with Crippen molar-refractivity contribution in [3.05, 3.63) is 65.0 Å². The number of esters is 1. The number of fused-ring (bicyclic) bond motifs is 3. The normalized spacial score (nSPS) is 33.4. The zero-order chi connectivity index (χ0) is 26.5. The van der Waals surface area contributed by atoms with Crippen molar-refractivity contribution in [2.45, 2.75) is 37.1 Å². The highest BCUT2D eigenvalue weighted by Crippen LogP contribution is 2.68. The summed E-state index contributed by atoms with van der Waals surface area (Å²) in [7, 11) is 4.20. The van der Waals surface area contributed by atoms with E-state index in [0.717, 1.165) is 5.57 Å². The number of aromatic hydroxyl groups is 1. The summed E-state index contributed by atoms with van der Waals surface area (Å²) in [6.07, 6.45) is 8.67. The molecule has 1 aromatic rings. The SMILES string of the molecule is COC(=O)C1C(C2C=C(C)C=CC2)[C@@]2(C3=CC=C(OC)CC#C3)Oc3cc(O)cc(OC)c3[C@@]2(O)[C@H]1O. The van der Waals surface area contributed by atoms with Crippen LogP contribution in [0.1, 0.15) is 25.3 Å². The Labute approximate surface area is 215 Å². The average Bonchev–Trinajstić information content (AvgIpc) is 3.10. The van der Waals surface area contributed by atoms with E-state index in [4.69, 9.17) is 18.9 Å². The summed E-state index contributed by atoms with van der Waals surface area (Å²) in [5.74, 6) is 4.00. The molecule has 1 fully saturated rings. The Bertz CT molecular complexity index is 1330. The van der Waals surface area contributed by atoms with Gasteiger partial charge in [0.2, 0.25) is 0 Å². The molecule has 4 aliphatic rings. The van der Waals surface area contributed by atoms with Crippen LogP contribution in [0.25, 0.3) is 0 Å². The number of ether oxygens (including phenoxy) is 4. The molecule has 3 N–H and O–H groups in total. The minimum absolute atomic E-state index is 0.119. The van der Waals surface area contributed by atoms with E-state index >= 15 is 0 Å². The van der Waals surface area contributed by atoms with Gasteiger partial charge in [0.15, 0.2) is 11.2 Å². The highest BCUT2D eigenvalue weighted by Gasteiger charge is 2.79. The maximum Gasteiger partial charge on any atom is 0.311 e. The molecule has 0 amide bonds. The summed E-state index contributed by atoms with van der Waals surface area (Å²) in [5.41, 5.74) is -2.39. The van der Waals surface area contributed by atoms with Gasteiger partial charge in [0.1, 0.15) is 29.1 Å². The summed E-state index contributed by atoms with van der Waals surface area (Å²) >= 11 is 0. The standard InChI is InChI=1S/C29H30O8/c1-16-7-5-8-17(13-16)24-23(27(32)36-4)26(31)28(33)25-21(35-3)14-19(30)15-22(25)37-29(24,28)18-9-6-10-20(34-2)12-11-18/h5,7,11-15,17,23-24,26,30-31,33H,8,10H2,1-4H3/t17?,23?,24?,26-,28+,29+/m0/s1. The van der Waals surface area contributed by atoms with Crippen LogP contribution >= 0.6 is 0 Å². The van der Waals surface area contributed by atoms with Crippen molar-refractivity contribution in [1.82, 2.24) is 0 Å². The Morgan fingerprint density at radius 2 is 1.97 bits per heavy atom. The van der Waals surface area contributed by atoms with Crippen molar-refractivity contribution in [2.75, 3.05) is 21.3 Å². The van der Waals surface area contributed by atoms with E-state index in [0.29, 0.717) is 24.2 Å². The molecule has 8 heteroatoms. The number of benzene rings is 1. The van der Waals surface area contributed by atoms with Gasteiger partial charge in [-0.3, -0.25) is 4.79 Å². The van der Waals surface area contributed by atoms with Gasteiger partial charge in [-0.05, 0) is 31.4 Å². The first-order valence-electron chi connectivity index (χ1n) is 12.1. The number of methoxy groups -OCH3 is 3. The van der Waals surface area contributed by atoms with Crippen molar-refractivity contribution in [2.24, 2.45) is 17.8 Å². The van der Waals surface area contributed by atoms with E-state index < -0.39 is 35.1 Å². The van der Waals surface area contributed by atoms with Gasteiger partial charge in [-0.1, -0.05) is 35.6 Å². The van der Waals surface area contributed by atoms with Gasteiger partial charge in [-0.25, -0.2) is 0 Å². The molecule has 0 spiro atoms. The predicted octanol–water partition coefficient (Wildman–Crippen LogP) is 2.89. The first-order valence-corrected chi connectivity index (χ1v) is 12.1. The van der Waals surface area contributed by atoms with E-state index in [1.807, 2.05) is 25.2 Å². The number of hydrogen-bond donors (Lipinski definition) is 3. The van der Waals surface area contributed by atoms with Gasteiger partial charge in [-0.15, -0.1) is 0 Å². The highest BCUT2D eigenvalue weighted by atomic mass is 16.5. The molecule has 3 unspecified atom stereocenters. The fraction of sp³-hybridized carbons (Fsp3) is 0.414. The van der Waals surface area contributed by atoms with Crippen LogP contribution < -0.4 is 9.47 Å². The largest absolute Gasteiger partial charge is 0.508 e. The second-order valence-electron chi connectivity index (χ2n) is 9.75. The van der Waals surface area contributed by atoms with Crippen LogP contribution in [-0.4, -0.2) is 54.3 Å². The van der Waals surface area contributed by atoms with Crippen LogP contribution in [0.3, 0.4) is 0 Å². The van der Waals surface area contributed by atoms with Gasteiger partial charge in [0, 0.05) is 23.6 Å². The maximum absolute atomic E-state index is 13.3. The molecule has 37 heavy (non-hydrogen) atoms. The Morgan fingerprint density at radius 3 is 2.65 bits per heavy atom. The third kappa shape index (κ3) is 3.41. The van der Waals surface area contributed by atoms with Crippen molar-refractivity contribution in [1.29, 1.82) is 0 Å². The van der Waals surface area contributed by atoms with E-state index in [2.05, 4.69) is 11.8 Å². The topological polar surface area (TPSA) is 115 Å². The molecule has 0 bridgehead atoms. The molecule has 1 heterocycles. The minimum atomic E-state index is -2.17. The van der Waals surface area contributed by atoms with Gasteiger partial charge >= 0.3 is 5.97 Å². The lowest BCUT2D eigenvalue weighted by molar-refractivity contribution is -0.156. The number of aliphatic hydroxyl groups is 2. The van der Waals surface area contributed by atoms with Crippen LogP contribution in [0.5, 0.6) is 17.2 Å². The second-order valence-corrected chi connectivity index (χ2v) is 9.75. The zero-order valence-corrected chi connectivity index (χ0v) is 21.1. The fourth-order valence-corrected chi connectivity index (χ4v) is 6.43. The van der Waals surface area contributed by atoms with Crippen molar-refractivity contribution in [3.63, 3.8) is 0 Å². The molecule has 194 valence electrons. The van der Waals surface area contributed by atoms with E-state index in [1.54, 1.807) is 19.3 Å². The monoisotopic (exact) mass is 506 g/mol. The Hall–Kier alpha value is -3.67. The smallest absolute Gasteiger partial charge is 0.311 e. The number of aliphatic hydroxyl groups excluding tert-OH is 1. The Kier molecular flexibility index (Phi) is 6.09.